The van der Waals surface area contributed by atoms with Gasteiger partial charge in [-0.2, -0.15) is 0 Å². The highest BCUT2D eigenvalue weighted by atomic mass is 79.9. The predicted octanol–water partition coefficient (Wildman–Crippen LogP) is 3.36. The molecule has 1 rings (SSSR count). The van der Waals surface area contributed by atoms with Crippen LogP contribution in [0, 0.1) is 6.92 Å². The summed E-state index contributed by atoms with van der Waals surface area (Å²) in [5.41, 5.74) is 1.56. The van der Waals surface area contributed by atoms with Gasteiger partial charge >= 0.3 is 0 Å². The molecule has 0 bridgehead atoms. The molecule has 1 aromatic rings. The Kier molecular flexibility index (Phi) is 3.69. The molecule has 0 fully saturated rings. The third-order valence-electron chi connectivity index (χ3n) is 1.75. The van der Waals surface area contributed by atoms with E-state index in [1.165, 1.54) is 0 Å². The Morgan fingerprint density at radius 2 is 2.07 bits per heavy atom. The van der Waals surface area contributed by atoms with Crippen molar-refractivity contribution in [3.05, 3.63) is 27.7 Å². The summed E-state index contributed by atoms with van der Waals surface area (Å²) in [6.45, 7) is 5.81. The molecular formula is C11H13BrO2. The van der Waals surface area contributed by atoms with Crippen LogP contribution in [0.1, 0.15) is 29.8 Å². The number of aldehydes is 1. The molecular weight excluding hydrogens is 244 g/mol. The van der Waals surface area contributed by atoms with E-state index >= 15 is 0 Å². The predicted molar refractivity (Wildman–Crippen MR) is 60.0 cm³/mol. The largest absolute Gasteiger partial charge is 0.490 e. The van der Waals surface area contributed by atoms with Crippen molar-refractivity contribution in [1.82, 2.24) is 0 Å². The van der Waals surface area contributed by atoms with Crippen molar-refractivity contribution in [2.24, 2.45) is 0 Å². The Morgan fingerprint density at radius 3 is 2.57 bits per heavy atom. The lowest BCUT2D eigenvalue weighted by Gasteiger charge is -2.14. The van der Waals surface area contributed by atoms with Crippen LogP contribution in [0.4, 0.5) is 0 Å². The normalized spacial score (nSPS) is 10.4. The number of halogens is 1. The highest BCUT2D eigenvalue weighted by Gasteiger charge is 2.09. The minimum atomic E-state index is 0.0774. The maximum atomic E-state index is 10.8. The zero-order chi connectivity index (χ0) is 10.7. The smallest absolute Gasteiger partial charge is 0.153 e. The quantitative estimate of drug-likeness (QED) is 0.776. The Balaban J connectivity index is 3.18. The fourth-order valence-corrected chi connectivity index (χ4v) is 1.83. The van der Waals surface area contributed by atoms with Crippen molar-refractivity contribution in [3.8, 4) is 5.75 Å². The van der Waals surface area contributed by atoms with Crippen LogP contribution in [0.5, 0.6) is 5.75 Å². The number of hydrogen-bond acceptors (Lipinski definition) is 2. The molecule has 0 spiro atoms. The lowest BCUT2D eigenvalue weighted by atomic mass is 10.1. The van der Waals surface area contributed by atoms with Crippen molar-refractivity contribution < 1.29 is 9.53 Å². The monoisotopic (exact) mass is 256 g/mol. The van der Waals surface area contributed by atoms with Crippen LogP contribution < -0.4 is 4.74 Å². The summed E-state index contributed by atoms with van der Waals surface area (Å²) >= 11 is 3.34. The molecule has 0 unspecified atom stereocenters. The van der Waals surface area contributed by atoms with E-state index in [1.807, 2.05) is 26.8 Å². The second kappa shape index (κ2) is 4.60. The molecule has 14 heavy (non-hydrogen) atoms. The average Bonchev–Trinajstić information content (AvgIpc) is 2.08. The van der Waals surface area contributed by atoms with Gasteiger partial charge in [0.25, 0.3) is 0 Å². The summed E-state index contributed by atoms with van der Waals surface area (Å²) in [6, 6.07) is 3.70. The molecule has 0 aliphatic rings. The second-order valence-corrected chi connectivity index (χ2v) is 4.34. The number of ether oxygens (including phenoxy) is 1. The van der Waals surface area contributed by atoms with Crippen LogP contribution in [0.25, 0.3) is 0 Å². The van der Waals surface area contributed by atoms with Gasteiger partial charge in [0.2, 0.25) is 0 Å². The highest BCUT2D eigenvalue weighted by Crippen LogP contribution is 2.27. The molecule has 76 valence electrons. The van der Waals surface area contributed by atoms with E-state index in [0.29, 0.717) is 11.3 Å². The fourth-order valence-electron chi connectivity index (χ4n) is 1.24. The summed E-state index contributed by atoms with van der Waals surface area (Å²) in [6.07, 6.45) is 0.892. The first-order chi connectivity index (χ1) is 6.54. The third-order valence-corrected chi connectivity index (χ3v) is 2.21. The van der Waals surface area contributed by atoms with Gasteiger partial charge in [-0.25, -0.2) is 0 Å². The van der Waals surface area contributed by atoms with Crippen molar-refractivity contribution in [2.75, 3.05) is 0 Å². The summed E-state index contributed by atoms with van der Waals surface area (Å²) in [4.78, 5) is 10.8. The molecule has 2 nitrogen and oxygen atoms in total. The Morgan fingerprint density at radius 1 is 1.43 bits per heavy atom. The van der Waals surface area contributed by atoms with Crippen molar-refractivity contribution in [3.63, 3.8) is 0 Å². The summed E-state index contributed by atoms with van der Waals surface area (Å²) in [7, 11) is 0. The molecule has 0 heterocycles. The molecule has 0 amide bonds. The molecule has 0 saturated carbocycles. The highest BCUT2D eigenvalue weighted by molar-refractivity contribution is 9.10. The standard InChI is InChI=1S/C11H13BrO2/c1-7(2)14-11-8(3)4-10(12)5-9(11)6-13/h4-7H,1-3H3. The van der Waals surface area contributed by atoms with E-state index in [9.17, 15) is 4.79 Å². The molecule has 0 radical (unpaired) electrons. The van der Waals surface area contributed by atoms with Crippen molar-refractivity contribution >= 4 is 22.2 Å². The van der Waals surface area contributed by atoms with E-state index < -0.39 is 0 Å². The van der Waals surface area contributed by atoms with Crippen molar-refractivity contribution in [1.29, 1.82) is 0 Å². The van der Waals surface area contributed by atoms with E-state index in [1.54, 1.807) is 6.07 Å². The maximum Gasteiger partial charge on any atom is 0.153 e. The number of carbonyl (C=O) groups is 1. The molecule has 1 aromatic carbocycles. The minimum absolute atomic E-state index is 0.0774. The van der Waals surface area contributed by atoms with Gasteiger partial charge in [-0.15, -0.1) is 0 Å². The first-order valence-corrected chi connectivity index (χ1v) is 5.26. The lowest BCUT2D eigenvalue weighted by Crippen LogP contribution is -2.08. The molecule has 0 aliphatic carbocycles. The molecule has 3 heteroatoms. The summed E-state index contributed by atoms with van der Waals surface area (Å²) in [5.74, 6) is 0.679. The van der Waals surface area contributed by atoms with Gasteiger partial charge in [-0.3, -0.25) is 4.79 Å². The third kappa shape index (κ3) is 2.58. The van der Waals surface area contributed by atoms with E-state index in [2.05, 4.69) is 15.9 Å². The fraction of sp³-hybridized carbons (Fsp3) is 0.364. The zero-order valence-corrected chi connectivity index (χ0v) is 10.1. The van der Waals surface area contributed by atoms with Gasteiger partial charge in [0.15, 0.2) is 6.29 Å². The number of hydrogen-bond donors (Lipinski definition) is 0. The number of aryl methyl sites for hydroxylation is 1. The van der Waals surface area contributed by atoms with Gasteiger partial charge in [0.05, 0.1) is 11.7 Å². The molecule has 0 atom stereocenters. The van der Waals surface area contributed by atoms with Crippen LogP contribution in [-0.4, -0.2) is 12.4 Å². The van der Waals surface area contributed by atoms with E-state index in [0.717, 1.165) is 16.3 Å². The average molecular weight is 257 g/mol. The Labute approximate surface area is 92.4 Å². The summed E-state index contributed by atoms with van der Waals surface area (Å²) in [5, 5.41) is 0. The number of rotatable bonds is 3. The molecule has 0 N–H and O–H groups in total. The molecule has 0 saturated heterocycles. The second-order valence-electron chi connectivity index (χ2n) is 3.43. The van der Waals surface area contributed by atoms with E-state index in [4.69, 9.17) is 4.74 Å². The Hall–Kier alpha value is -0.830. The van der Waals surface area contributed by atoms with Crippen LogP contribution in [0.15, 0.2) is 16.6 Å². The van der Waals surface area contributed by atoms with Gasteiger partial charge in [0, 0.05) is 4.47 Å². The number of carbonyl (C=O) groups excluding carboxylic acids is 1. The Bertz CT molecular complexity index is 345. The van der Waals surface area contributed by atoms with Crippen molar-refractivity contribution in [2.45, 2.75) is 26.9 Å². The topological polar surface area (TPSA) is 26.3 Å². The van der Waals surface area contributed by atoms with Gasteiger partial charge < -0.3 is 4.74 Å². The van der Waals surface area contributed by atoms with Gasteiger partial charge in [-0.1, -0.05) is 15.9 Å². The van der Waals surface area contributed by atoms with Gasteiger partial charge in [0.1, 0.15) is 5.75 Å². The SMILES string of the molecule is Cc1cc(Br)cc(C=O)c1OC(C)C. The maximum absolute atomic E-state index is 10.8. The zero-order valence-electron chi connectivity index (χ0n) is 8.50. The van der Waals surface area contributed by atoms with E-state index in [-0.39, 0.29) is 6.10 Å². The number of benzene rings is 1. The minimum Gasteiger partial charge on any atom is -0.490 e. The molecule has 0 aromatic heterocycles. The first-order valence-electron chi connectivity index (χ1n) is 4.46. The van der Waals surface area contributed by atoms with Gasteiger partial charge in [-0.05, 0) is 38.5 Å². The summed E-state index contributed by atoms with van der Waals surface area (Å²) < 4.78 is 6.47. The molecule has 0 aliphatic heterocycles. The van der Waals surface area contributed by atoms with Crippen LogP contribution in [0.2, 0.25) is 0 Å². The van der Waals surface area contributed by atoms with Crippen LogP contribution in [-0.2, 0) is 0 Å². The van der Waals surface area contributed by atoms with Crippen LogP contribution in [0.3, 0.4) is 0 Å². The van der Waals surface area contributed by atoms with Crippen LogP contribution >= 0.6 is 15.9 Å². The first kappa shape index (κ1) is 11.2. The lowest BCUT2D eigenvalue weighted by molar-refractivity contribution is 0.111.